The van der Waals surface area contributed by atoms with Gasteiger partial charge in [-0.1, -0.05) is 18.2 Å². The molecular weight excluding hydrogens is 198 g/mol. The quantitative estimate of drug-likeness (QED) is 0.669. The van der Waals surface area contributed by atoms with Gasteiger partial charge in [0.1, 0.15) is 0 Å². The zero-order valence-electron chi connectivity index (χ0n) is 9.58. The average molecular weight is 217 g/mol. The molecule has 0 aromatic rings. The Balaban J connectivity index is 1.72. The molecule has 2 N–H and O–H groups in total. The van der Waals surface area contributed by atoms with Gasteiger partial charge in [-0.05, 0) is 19.4 Å². The fourth-order valence-electron chi connectivity index (χ4n) is 2.85. The summed E-state index contributed by atoms with van der Waals surface area (Å²) in [5, 5.41) is 6.65. The van der Waals surface area contributed by atoms with E-state index in [9.17, 15) is 0 Å². The van der Waals surface area contributed by atoms with Gasteiger partial charge in [0.25, 0.3) is 0 Å². The van der Waals surface area contributed by atoms with E-state index in [2.05, 4.69) is 40.3 Å². The van der Waals surface area contributed by atoms with Crippen molar-refractivity contribution in [2.24, 2.45) is 5.92 Å². The first kappa shape index (κ1) is 10.4. The van der Waals surface area contributed by atoms with Crippen LogP contribution >= 0.6 is 0 Å². The Morgan fingerprint density at radius 2 is 2.44 bits per heavy atom. The molecule has 2 atom stereocenters. The molecule has 0 aromatic carbocycles. The van der Waals surface area contributed by atoms with Crippen molar-refractivity contribution in [2.75, 3.05) is 26.2 Å². The molecule has 3 aliphatic rings. The third kappa shape index (κ3) is 1.89. The number of nitrogens with zero attached hydrogens (tertiary/aromatic N) is 1. The molecule has 1 saturated heterocycles. The van der Waals surface area contributed by atoms with Crippen LogP contribution in [-0.2, 0) is 0 Å². The number of rotatable bonds is 2. The van der Waals surface area contributed by atoms with Gasteiger partial charge in [0.05, 0.1) is 6.54 Å². The first-order valence-electron chi connectivity index (χ1n) is 6.27. The van der Waals surface area contributed by atoms with E-state index in [-0.39, 0.29) is 0 Å². The van der Waals surface area contributed by atoms with E-state index in [1.807, 2.05) is 0 Å². The molecule has 86 valence electrons. The fourth-order valence-corrected chi connectivity index (χ4v) is 2.85. The Morgan fingerprint density at radius 1 is 1.44 bits per heavy atom. The van der Waals surface area contributed by atoms with Gasteiger partial charge in [0, 0.05) is 37.3 Å². The van der Waals surface area contributed by atoms with Gasteiger partial charge in [-0.15, -0.1) is 0 Å². The molecule has 3 rings (SSSR count). The lowest BCUT2D eigenvalue weighted by Crippen LogP contribution is -2.37. The van der Waals surface area contributed by atoms with Crippen LogP contribution in [0.1, 0.15) is 12.8 Å². The molecule has 0 amide bonds. The molecule has 2 radical (unpaired) electrons. The van der Waals surface area contributed by atoms with Gasteiger partial charge in [-0.3, -0.25) is 0 Å². The van der Waals surface area contributed by atoms with E-state index >= 15 is 0 Å². The molecule has 0 aromatic heterocycles. The van der Waals surface area contributed by atoms with E-state index in [1.165, 1.54) is 31.6 Å². The highest BCUT2D eigenvalue weighted by Gasteiger charge is 2.30. The predicted octanol–water partition coefficient (Wildman–Crippen LogP) is 0.752. The largest absolute Gasteiger partial charge is 0.370 e. The Kier molecular flexibility index (Phi) is 2.98. The molecule has 1 fully saturated rings. The zero-order valence-corrected chi connectivity index (χ0v) is 9.58. The van der Waals surface area contributed by atoms with Crippen LogP contribution < -0.4 is 10.6 Å². The van der Waals surface area contributed by atoms with Crippen molar-refractivity contribution in [1.82, 2.24) is 15.5 Å². The zero-order chi connectivity index (χ0) is 10.8. The molecular formula is C13H19N3. The van der Waals surface area contributed by atoms with Gasteiger partial charge in [0.2, 0.25) is 0 Å². The second-order valence-electron chi connectivity index (χ2n) is 4.69. The Hall–Kier alpha value is -0.800. The van der Waals surface area contributed by atoms with E-state index in [1.54, 1.807) is 0 Å². The Labute approximate surface area is 97.6 Å². The lowest BCUT2D eigenvalue weighted by atomic mass is 10.0. The maximum atomic E-state index is 3.45. The minimum atomic E-state index is 0.358. The molecule has 3 aliphatic heterocycles. The van der Waals surface area contributed by atoms with Crippen molar-refractivity contribution >= 4 is 0 Å². The number of nitrogens with one attached hydrogen (secondary N) is 2. The Morgan fingerprint density at radius 3 is 3.19 bits per heavy atom. The molecule has 0 bridgehead atoms. The van der Waals surface area contributed by atoms with Crippen LogP contribution in [0.4, 0.5) is 0 Å². The first-order chi connectivity index (χ1) is 7.95. The lowest BCUT2D eigenvalue weighted by Gasteiger charge is -2.32. The SMILES string of the molecule is [C]1NCC=CC1C1=CCCN1C1CCNC1. The summed E-state index contributed by atoms with van der Waals surface area (Å²) in [6.07, 6.45) is 9.32. The van der Waals surface area contributed by atoms with Crippen LogP contribution in [-0.4, -0.2) is 37.1 Å². The minimum absolute atomic E-state index is 0.358. The van der Waals surface area contributed by atoms with E-state index in [0.717, 1.165) is 13.1 Å². The highest BCUT2D eigenvalue weighted by molar-refractivity contribution is 5.23. The molecule has 0 spiro atoms. The van der Waals surface area contributed by atoms with Crippen molar-refractivity contribution in [2.45, 2.75) is 18.9 Å². The minimum Gasteiger partial charge on any atom is -0.370 e. The van der Waals surface area contributed by atoms with Gasteiger partial charge in [-0.2, -0.15) is 0 Å². The second-order valence-corrected chi connectivity index (χ2v) is 4.69. The van der Waals surface area contributed by atoms with Gasteiger partial charge >= 0.3 is 0 Å². The molecule has 2 unspecified atom stereocenters. The van der Waals surface area contributed by atoms with Crippen LogP contribution in [0, 0.1) is 12.5 Å². The molecule has 3 heteroatoms. The van der Waals surface area contributed by atoms with Crippen LogP contribution in [0.15, 0.2) is 23.9 Å². The van der Waals surface area contributed by atoms with Crippen molar-refractivity contribution < 1.29 is 0 Å². The molecule has 3 nitrogen and oxygen atoms in total. The summed E-state index contributed by atoms with van der Waals surface area (Å²) in [7, 11) is 0. The third-order valence-corrected chi connectivity index (χ3v) is 3.65. The Bertz CT molecular complexity index is 302. The van der Waals surface area contributed by atoms with Crippen LogP contribution in [0.25, 0.3) is 0 Å². The summed E-state index contributed by atoms with van der Waals surface area (Å²) in [6.45, 7) is 7.77. The van der Waals surface area contributed by atoms with Crippen molar-refractivity contribution in [3.63, 3.8) is 0 Å². The van der Waals surface area contributed by atoms with E-state index in [4.69, 9.17) is 0 Å². The maximum Gasteiger partial charge on any atom is 0.0727 e. The van der Waals surface area contributed by atoms with Crippen molar-refractivity contribution in [1.29, 1.82) is 0 Å². The molecule has 0 saturated carbocycles. The summed E-state index contributed by atoms with van der Waals surface area (Å²) in [4.78, 5) is 2.58. The smallest absolute Gasteiger partial charge is 0.0727 e. The maximum absolute atomic E-state index is 3.45. The van der Waals surface area contributed by atoms with Crippen LogP contribution in [0.5, 0.6) is 0 Å². The number of hydrogen-bond donors (Lipinski definition) is 2. The molecule has 3 heterocycles. The summed E-state index contributed by atoms with van der Waals surface area (Å²) in [6, 6.07) is 0.700. The fraction of sp³-hybridized carbons (Fsp3) is 0.615. The van der Waals surface area contributed by atoms with Crippen LogP contribution in [0.3, 0.4) is 0 Å². The number of hydrogen-bond acceptors (Lipinski definition) is 3. The van der Waals surface area contributed by atoms with E-state index in [0.29, 0.717) is 12.0 Å². The highest BCUT2D eigenvalue weighted by Crippen LogP contribution is 2.29. The van der Waals surface area contributed by atoms with E-state index < -0.39 is 0 Å². The van der Waals surface area contributed by atoms with Crippen molar-refractivity contribution in [3.8, 4) is 0 Å². The van der Waals surface area contributed by atoms with Crippen molar-refractivity contribution in [3.05, 3.63) is 30.5 Å². The van der Waals surface area contributed by atoms with Crippen LogP contribution in [0.2, 0.25) is 0 Å². The molecule has 0 aliphatic carbocycles. The summed E-state index contributed by atoms with van der Waals surface area (Å²) in [5.74, 6) is 0.358. The first-order valence-corrected chi connectivity index (χ1v) is 6.27. The average Bonchev–Trinajstić information content (AvgIpc) is 3.01. The second kappa shape index (κ2) is 4.60. The lowest BCUT2D eigenvalue weighted by molar-refractivity contribution is 0.272. The summed E-state index contributed by atoms with van der Waals surface area (Å²) >= 11 is 0. The summed E-state index contributed by atoms with van der Waals surface area (Å²) in [5.41, 5.74) is 1.46. The molecule has 16 heavy (non-hydrogen) atoms. The summed E-state index contributed by atoms with van der Waals surface area (Å²) < 4.78 is 0. The van der Waals surface area contributed by atoms with Gasteiger partial charge in [-0.25, -0.2) is 0 Å². The highest BCUT2D eigenvalue weighted by atomic mass is 15.2. The monoisotopic (exact) mass is 217 g/mol. The predicted molar refractivity (Wildman–Crippen MR) is 64.6 cm³/mol. The standard InChI is InChI=1S/C13H19N3/c1-3-11(9-14-6-1)13-4-2-8-16(13)12-5-7-15-10-12/h1,3-4,11-12,14-15H,2,5-8,10H2. The van der Waals surface area contributed by atoms with Gasteiger partial charge in [0.15, 0.2) is 0 Å². The third-order valence-electron chi connectivity index (χ3n) is 3.65. The topological polar surface area (TPSA) is 27.3 Å². The van der Waals surface area contributed by atoms with Gasteiger partial charge < -0.3 is 15.5 Å². The normalized spacial score (nSPS) is 34.5.